The SMILES string of the molecule is CCc1ccc(-c2nc3c(N4CCN(Cc5ccc(F)c([N+](=O)[O-])c5)CC4)cccc3[nH]2)cc1.CCc1ccc(-c2nc3c(N4CCN(Cc5ccc6c(c5)[nH]c(=O)c(=O)n6C)CC4)cccc3[nH]2)cc1. The number of rotatable bonds is 11. The summed E-state index contributed by atoms with van der Waals surface area (Å²) in [5.41, 5.74) is 12.7. The number of aryl methyl sites for hydroxylation is 3. The monoisotopic (exact) mass is 953 g/mol. The van der Waals surface area contributed by atoms with Crippen LogP contribution >= 0.6 is 0 Å². The van der Waals surface area contributed by atoms with Crippen LogP contribution in [0.3, 0.4) is 0 Å². The van der Waals surface area contributed by atoms with Crippen LogP contribution in [0.4, 0.5) is 21.5 Å². The quantitative estimate of drug-likeness (QED) is 0.0648. The van der Waals surface area contributed by atoms with Gasteiger partial charge in [0, 0.05) is 89.7 Å². The van der Waals surface area contributed by atoms with Crippen molar-refractivity contribution in [1.82, 2.24) is 39.3 Å². The lowest BCUT2D eigenvalue weighted by Gasteiger charge is -2.36. The van der Waals surface area contributed by atoms with Crippen LogP contribution < -0.4 is 20.9 Å². The number of H-pyrrole nitrogens is 3. The molecule has 0 aliphatic carbocycles. The average Bonchev–Trinajstić information content (AvgIpc) is 4.05. The molecule has 11 rings (SSSR count). The second-order valence-corrected chi connectivity index (χ2v) is 18.4. The summed E-state index contributed by atoms with van der Waals surface area (Å²) >= 11 is 0. The van der Waals surface area contributed by atoms with Gasteiger partial charge in [0.1, 0.15) is 22.7 Å². The van der Waals surface area contributed by atoms with Gasteiger partial charge in [-0.3, -0.25) is 29.5 Å². The van der Waals surface area contributed by atoms with Gasteiger partial charge in [-0.1, -0.05) is 86.6 Å². The van der Waals surface area contributed by atoms with Crippen LogP contribution in [0.5, 0.6) is 0 Å². The summed E-state index contributed by atoms with van der Waals surface area (Å²) < 4.78 is 15.0. The highest BCUT2D eigenvalue weighted by atomic mass is 19.1. The van der Waals surface area contributed by atoms with E-state index < -0.39 is 27.5 Å². The summed E-state index contributed by atoms with van der Waals surface area (Å²) in [7, 11) is 1.63. The molecule has 0 saturated carbocycles. The van der Waals surface area contributed by atoms with E-state index in [2.05, 4.69) is 121 Å². The third kappa shape index (κ3) is 9.94. The number of aromatic amines is 3. The molecule has 6 aromatic carbocycles. The smallest absolute Gasteiger partial charge is 0.316 e. The normalized spacial score (nSPS) is 14.6. The number of anilines is 2. The molecule has 362 valence electrons. The first-order chi connectivity index (χ1) is 34.5. The van der Waals surface area contributed by atoms with Crippen molar-refractivity contribution in [3.8, 4) is 22.8 Å². The molecule has 3 aromatic heterocycles. The lowest BCUT2D eigenvalue weighted by atomic mass is 10.1. The fourth-order valence-electron chi connectivity index (χ4n) is 9.73. The maximum atomic E-state index is 13.6. The summed E-state index contributed by atoms with van der Waals surface area (Å²) in [6, 6.07) is 39.7. The van der Waals surface area contributed by atoms with Gasteiger partial charge < -0.3 is 29.3 Å². The standard InChI is InChI=1S/C29H30N6O2.C26H26FN5O2/c1-3-19-7-10-21(11-8-19)27-30-22-5-4-6-25(26(22)32-27)35-15-13-34(14-16-35)18-20-9-12-24-23(17-20)31-28(36)29(37)33(24)2;1-2-18-6-9-20(10-7-18)26-28-22-4-3-5-23(25(22)29-26)31-14-12-30(13-15-31)17-19-8-11-21(27)24(16-19)32(33)34/h4-12,17H,3,13-16,18H2,1-2H3,(H,30,32)(H,31,36);3-11,16H,2,12-15,17H2,1H3,(H,28,29). The predicted molar refractivity (Wildman–Crippen MR) is 280 cm³/mol. The van der Waals surface area contributed by atoms with E-state index in [1.54, 1.807) is 13.1 Å². The van der Waals surface area contributed by atoms with E-state index in [1.165, 1.54) is 27.8 Å². The van der Waals surface area contributed by atoms with Gasteiger partial charge in [0.15, 0.2) is 0 Å². The lowest BCUT2D eigenvalue weighted by Crippen LogP contribution is -2.46. The van der Waals surface area contributed by atoms with E-state index in [0.717, 1.165) is 145 Å². The van der Waals surface area contributed by atoms with Crippen molar-refractivity contribution in [2.75, 3.05) is 62.2 Å². The predicted octanol–water partition coefficient (Wildman–Crippen LogP) is 8.82. The molecule has 0 bridgehead atoms. The number of hydrogen-bond acceptors (Lipinski definition) is 10. The van der Waals surface area contributed by atoms with E-state index in [0.29, 0.717) is 12.1 Å². The summed E-state index contributed by atoms with van der Waals surface area (Å²) in [4.78, 5) is 63.2. The summed E-state index contributed by atoms with van der Waals surface area (Å²) in [6.07, 6.45) is 2.03. The van der Waals surface area contributed by atoms with Crippen molar-refractivity contribution in [2.24, 2.45) is 7.05 Å². The summed E-state index contributed by atoms with van der Waals surface area (Å²) in [6.45, 7) is 12.6. The molecule has 2 fully saturated rings. The maximum Gasteiger partial charge on any atom is 0.316 e. The fraction of sp³-hybridized carbons (Fsp3) is 0.273. The van der Waals surface area contributed by atoms with Crippen LogP contribution in [0.2, 0.25) is 0 Å². The Hall–Kier alpha value is -7.95. The van der Waals surface area contributed by atoms with Crippen molar-refractivity contribution in [3.05, 3.63) is 180 Å². The molecule has 0 amide bonds. The molecule has 16 heteroatoms. The number of nitro groups is 1. The zero-order valence-electron chi connectivity index (χ0n) is 40.1. The Bertz CT molecular complexity index is 3490. The first kappa shape index (κ1) is 46.8. The molecule has 5 heterocycles. The molecule has 15 nitrogen and oxygen atoms in total. The number of nitrogens with zero attached hydrogens (tertiary/aromatic N) is 8. The second-order valence-electron chi connectivity index (χ2n) is 18.4. The number of aromatic nitrogens is 6. The van der Waals surface area contributed by atoms with Gasteiger partial charge in [-0.2, -0.15) is 4.39 Å². The number of imidazole rings is 2. The van der Waals surface area contributed by atoms with Crippen molar-refractivity contribution in [2.45, 2.75) is 39.8 Å². The van der Waals surface area contributed by atoms with E-state index in [1.807, 2.05) is 30.3 Å². The minimum absolute atomic E-state index is 0.471. The lowest BCUT2D eigenvalue weighted by molar-refractivity contribution is -0.387. The summed E-state index contributed by atoms with van der Waals surface area (Å²) in [5.74, 6) is 0.962. The van der Waals surface area contributed by atoms with Gasteiger partial charge in [-0.25, -0.2) is 9.97 Å². The summed E-state index contributed by atoms with van der Waals surface area (Å²) in [5, 5.41) is 11.0. The van der Waals surface area contributed by atoms with E-state index in [-0.39, 0.29) is 0 Å². The van der Waals surface area contributed by atoms with Crippen LogP contribution in [0.1, 0.15) is 36.1 Å². The van der Waals surface area contributed by atoms with Gasteiger partial charge in [0.2, 0.25) is 5.82 Å². The molecule has 0 spiro atoms. The van der Waals surface area contributed by atoms with Gasteiger partial charge in [0.05, 0.1) is 38.4 Å². The minimum Gasteiger partial charge on any atom is -0.367 e. The van der Waals surface area contributed by atoms with Gasteiger partial charge in [-0.05, 0) is 77.6 Å². The van der Waals surface area contributed by atoms with Crippen molar-refractivity contribution in [3.63, 3.8) is 0 Å². The molecule has 9 aromatic rings. The van der Waals surface area contributed by atoms with E-state index >= 15 is 0 Å². The average molecular weight is 954 g/mol. The number of benzene rings is 6. The zero-order chi connectivity index (χ0) is 49.2. The molecule has 2 aliphatic heterocycles. The van der Waals surface area contributed by atoms with Gasteiger partial charge in [-0.15, -0.1) is 0 Å². The first-order valence-corrected chi connectivity index (χ1v) is 24.3. The highest BCUT2D eigenvalue weighted by Crippen LogP contribution is 2.32. The third-order valence-electron chi connectivity index (χ3n) is 13.9. The number of fused-ring (bicyclic) bond motifs is 3. The molecule has 0 unspecified atom stereocenters. The Morgan fingerprint density at radius 1 is 0.577 bits per heavy atom. The Morgan fingerprint density at radius 3 is 1.52 bits per heavy atom. The molecule has 3 N–H and O–H groups in total. The van der Waals surface area contributed by atoms with Crippen LogP contribution in [0, 0.1) is 15.9 Å². The molecule has 0 atom stereocenters. The Balaban J connectivity index is 0.000000165. The highest BCUT2D eigenvalue weighted by molar-refractivity contribution is 5.92. The Morgan fingerprint density at radius 2 is 1.04 bits per heavy atom. The van der Waals surface area contributed by atoms with Crippen molar-refractivity contribution in [1.29, 1.82) is 0 Å². The van der Waals surface area contributed by atoms with Crippen molar-refractivity contribution < 1.29 is 9.31 Å². The maximum absolute atomic E-state index is 13.6. The molecule has 0 radical (unpaired) electrons. The Labute approximate surface area is 409 Å². The molecule has 2 saturated heterocycles. The molecular formula is C55H56FN11O4. The van der Waals surface area contributed by atoms with Gasteiger partial charge >= 0.3 is 16.8 Å². The van der Waals surface area contributed by atoms with Crippen LogP contribution in [0.15, 0.2) is 131 Å². The number of para-hydroxylation sites is 2. The second kappa shape index (κ2) is 20.2. The molecule has 71 heavy (non-hydrogen) atoms. The van der Waals surface area contributed by atoms with Crippen molar-refractivity contribution >= 4 is 50.2 Å². The zero-order valence-corrected chi connectivity index (χ0v) is 40.1. The van der Waals surface area contributed by atoms with Gasteiger partial charge in [0.25, 0.3) is 0 Å². The first-order valence-electron chi connectivity index (χ1n) is 24.3. The largest absolute Gasteiger partial charge is 0.367 e. The fourth-order valence-corrected chi connectivity index (χ4v) is 9.73. The number of halogens is 1. The molecule has 2 aliphatic rings. The Kier molecular flexibility index (Phi) is 13.3. The highest BCUT2D eigenvalue weighted by Gasteiger charge is 2.24. The van der Waals surface area contributed by atoms with Crippen LogP contribution in [-0.2, 0) is 33.0 Å². The number of nitrogens with one attached hydrogen (secondary N) is 3. The van der Waals surface area contributed by atoms with Crippen LogP contribution in [0.25, 0.3) is 55.9 Å². The topological polar surface area (TPSA) is 168 Å². The van der Waals surface area contributed by atoms with Crippen LogP contribution in [-0.4, -0.2) is 96.6 Å². The molecular weight excluding hydrogens is 898 g/mol. The number of hydrogen-bond donors (Lipinski definition) is 3. The minimum atomic E-state index is -0.800. The third-order valence-corrected chi connectivity index (χ3v) is 13.9. The number of piperazine rings is 2. The number of nitro benzene ring substituents is 1. The van der Waals surface area contributed by atoms with E-state index in [9.17, 15) is 24.1 Å². The van der Waals surface area contributed by atoms with E-state index in [4.69, 9.17) is 9.97 Å².